The van der Waals surface area contributed by atoms with Gasteiger partial charge in [-0.2, -0.15) is 5.10 Å². The summed E-state index contributed by atoms with van der Waals surface area (Å²) < 4.78 is 11.7. The lowest BCUT2D eigenvalue weighted by Gasteiger charge is -2.28. The summed E-state index contributed by atoms with van der Waals surface area (Å²) in [4.78, 5) is 159. The molecule has 23 heteroatoms. The minimum Gasteiger partial charge on any atom is -0.381 e. The Kier molecular flexibility index (Phi) is 94.6. The average molecular weight is 2080 g/mol. The standard InChI is InChI=1S/C12H22O.C11H23NO.C11H20O.2C10H21NO.C10H18O2.C10H18O.2C9H19NO.C9H16O.C8H15NO2.C8H14O.C7H10N2O/c1-10(2)12(13)9-11-7-5-3-4-6-8-11;1-5-7-8-9-12(6-2)11(13)10(3)4;1-9(2)11(12)8-10-6-4-3-5-7-10;1-5-6-7-8-11(4)10(12)9(2)3;1-5-7-8-11(6-2)10(12)9(3)4;1-8(2)10(11)7-9-3-5-12-6-4-9;1-8(2)10(11)7-9-5-3-4-6-9;1-5-6-7-10(4)9(11)8(2)3;1-5-7-10(6-2)9(11)8(3)4;1-7(2)9(10)6-8-4-3-5-8;1-7(2)8(10)9-3-5-11-6-4-9;1-6(2)8(9)5-7-3-4-7;1-6(2)7(10)9-5-3-4-8-9/h10-11H,3-9H2,1-2H3;10H,5-9H2,1-4H3;9-10H,3-8H2,1-2H3;2*9H,5-8H2,1-4H3;8-9H,3-7H2,1-2H3;8-9H,3-7H2,1-2H3;2*8H,5-7H2,1-4H3;7-8H,3-6H2,1-2H3;7H,3-6H2,1-2H3;6-7H,3-5H2,1-2H3;3-6H,1-2H3. The number of nitrogens with zero attached hydrogens (tertiary/aromatic N) is 8. The molecule has 5 saturated carbocycles. The zero-order valence-electron chi connectivity index (χ0n) is 102. The van der Waals surface area contributed by atoms with Gasteiger partial charge in [-0.1, -0.05) is 369 Å². The molecule has 0 atom stereocenters. The van der Waals surface area contributed by atoms with Crippen molar-refractivity contribution in [1.82, 2.24) is 39.2 Å². The van der Waals surface area contributed by atoms with Gasteiger partial charge in [0.1, 0.15) is 34.7 Å². The van der Waals surface area contributed by atoms with E-state index < -0.39 is 0 Å². The molecule has 6 amide bonds. The lowest BCUT2D eigenvalue weighted by Crippen LogP contribution is -2.42. The zero-order valence-corrected chi connectivity index (χ0v) is 102. The molecule has 862 valence electrons. The summed E-state index contributed by atoms with van der Waals surface area (Å²) in [5.41, 5.74) is 0. The molecule has 0 spiro atoms. The minimum absolute atomic E-state index is 0.0138. The second-order valence-electron chi connectivity index (χ2n) is 46.5. The number of aromatic nitrogens is 2. The summed E-state index contributed by atoms with van der Waals surface area (Å²) in [7, 11) is 3.76. The fraction of sp³-hybridized carbons (Fsp3) is 0.871. The normalized spacial score (nSPS) is 15.2. The van der Waals surface area contributed by atoms with Crippen LogP contribution in [-0.2, 0) is 67.0 Å². The van der Waals surface area contributed by atoms with Gasteiger partial charge in [-0.15, -0.1) is 0 Å². The molecule has 2 aliphatic heterocycles. The van der Waals surface area contributed by atoms with E-state index in [1.807, 2.05) is 244 Å². The third-order valence-corrected chi connectivity index (χ3v) is 27.8. The van der Waals surface area contributed by atoms with Crippen LogP contribution in [0.5, 0.6) is 0 Å². The molecule has 23 nitrogen and oxygen atoms in total. The van der Waals surface area contributed by atoms with Gasteiger partial charge in [-0.3, -0.25) is 62.3 Å². The van der Waals surface area contributed by atoms with Crippen LogP contribution in [0.2, 0.25) is 0 Å². The summed E-state index contributed by atoms with van der Waals surface area (Å²) in [6.07, 6.45) is 49.5. The van der Waals surface area contributed by atoms with Gasteiger partial charge < -0.3 is 38.9 Å². The van der Waals surface area contributed by atoms with Crippen LogP contribution in [0.4, 0.5) is 0 Å². The third kappa shape index (κ3) is 81.1. The molecule has 0 N–H and O–H groups in total. The van der Waals surface area contributed by atoms with Crippen LogP contribution >= 0.6 is 0 Å². The van der Waals surface area contributed by atoms with E-state index >= 15 is 0 Å². The monoisotopic (exact) mass is 2080 g/mol. The van der Waals surface area contributed by atoms with Crippen LogP contribution in [0.1, 0.15) is 491 Å². The van der Waals surface area contributed by atoms with Gasteiger partial charge >= 0.3 is 0 Å². The van der Waals surface area contributed by atoms with Crippen LogP contribution in [0.25, 0.3) is 0 Å². The molecule has 2 saturated heterocycles. The maximum Gasteiger partial charge on any atom is 0.249 e. The molecule has 0 radical (unpaired) electrons. The van der Waals surface area contributed by atoms with Crippen LogP contribution in [0.15, 0.2) is 18.5 Å². The molecule has 1 aromatic heterocycles. The van der Waals surface area contributed by atoms with Crippen molar-refractivity contribution < 1.29 is 71.8 Å². The molecule has 5 aliphatic carbocycles. The van der Waals surface area contributed by atoms with Crippen molar-refractivity contribution in [2.45, 2.75) is 486 Å². The van der Waals surface area contributed by atoms with Gasteiger partial charge in [0, 0.05) is 221 Å². The van der Waals surface area contributed by atoms with Crippen molar-refractivity contribution in [1.29, 1.82) is 0 Å². The molecule has 7 aliphatic rings. The van der Waals surface area contributed by atoms with Gasteiger partial charge in [0.15, 0.2) is 0 Å². The Balaban J connectivity index is -0.000000496. The number of ether oxygens (including phenoxy) is 2. The molecule has 7 fully saturated rings. The largest absolute Gasteiger partial charge is 0.381 e. The van der Waals surface area contributed by atoms with Crippen molar-refractivity contribution in [3.63, 3.8) is 0 Å². The summed E-state index contributed by atoms with van der Waals surface area (Å²) in [5.74, 6) is 10.8. The average Bonchev–Trinajstić information content (AvgIpc) is 1.85. The Hall–Kier alpha value is -6.36. The van der Waals surface area contributed by atoms with E-state index in [-0.39, 0.29) is 112 Å². The maximum atomic E-state index is 11.6. The first-order valence-corrected chi connectivity index (χ1v) is 59.7. The molecule has 8 rings (SSSR count). The van der Waals surface area contributed by atoms with E-state index in [2.05, 4.69) is 39.7 Å². The smallest absolute Gasteiger partial charge is 0.249 e. The summed E-state index contributed by atoms with van der Waals surface area (Å²) in [5, 5.41) is 3.80. The molecule has 0 bridgehead atoms. The number of rotatable bonds is 44. The van der Waals surface area contributed by atoms with Crippen molar-refractivity contribution in [3.05, 3.63) is 18.5 Å². The van der Waals surface area contributed by atoms with Crippen LogP contribution in [0.3, 0.4) is 0 Å². The molecule has 3 heterocycles. The molecular weight excluding hydrogens is 1840 g/mol. The first-order valence-electron chi connectivity index (χ1n) is 59.7. The van der Waals surface area contributed by atoms with E-state index in [4.69, 9.17) is 9.47 Å². The number of hydrogen-bond donors (Lipinski definition) is 0. The first kappa shape index (κ1) is 149. The highest BCUT2D eigenvalue weighted by Gasteiger charge is 2.29. The van der Waals surface area contributed by atoms with Gasteiger partial charge in [-0.05, 0) is 120 Å². The minimum atomic E-state index is 0.0138. The van der Waals surface area contributed by atoms with Gasteiger partial charge in [0.2, 0.25) is 41.4 Å². The number of ketones is 6. The highest BCUT2D eigenvalue weighted by molar-refractivity contribution is 5.84. The number of carbonyl (C=O) groups excluding carboxylic acids is 13. The molecule has 0 unspecified atom stereocenters. The summed E-state index contributed by atoms with van der Waals surface area (Å²) >= 11 is 0. The molecular formula is C124H236N8O15. The zero-order chi connectivity index (χ0) is 113. The SMILES string of the molecule is CC(C)C(=O)CC1CC1.CC(C)C(=O)CC1CCC1.CC(C)C(=O)CC1CCCC1.CC(C)C(=O)CC1CCCCC1.CC(C)C(=O)CC1CCCCCC1.CC(C)C(=O)CC1CCOCC1.CC(C)C(=O)N1CCOCC1.CC(C)C(=O)n1cccn1.CCCCCN(C)C(=O)C(C)C.CCCCCN(CC)C(=O)C(C)C.CCCCN(C)C(=O)C(C)C.CCCCN(CC)C(=O)C(C)C.CCCN(CC)C(=O)C(C)C. The topological polar surface area (TPSA) is 278 Å². The summed E-state index contributed by atoms with van der Waals surface area (Å²) in [6, 6.07) is 1.74. The van der Waals surface area contributed by atoms with Crippen LogP contribution < -0.4 is 0 Å². The van der Waals surface area contributed by atoms with Crippen molar-refractivity contribution in [3.8, 4) is 0 Å². The Morgan fingerprint density at radius 1 is 0.265 bits per heavy atom. The van der Waals surface area contributed by atoms with Gasteiger partial charge in [0.05, 0.1) is 13.2 Å². The molecule has 147 heavy (non-hydrogen) atoms. The lowest BCUT2D eigenvalue weighted by atomic mass is 9.80. The number of hydrogen-bond acceptors (Lipinski definition) is 16. The van der Waals surface area contributed by atoms with E-state index in [9.17, 15) is 62.3 Å². The second kappa shape index (κ2) is 93.3. The first-order chi connectivity index (χ1) is 69.2. The Morgan fingerprint density at radius 2 is 0.517 bits per heavy atom. The third-order valence-electron chi connectivity index (χ3n) is 27.8. The number of amides is 6. The number of morpholine rings is 1. The lowest BCUT2D eigenvalue weighted by molar-refractivity contribution is -0.138. The highest BCUT2D eigenvalue weighted by atomic mass is 16.5. The number of carbonyl (C=O) groups is 13. The second-order valence-corrected chi connectivity index (χ2v) is 46.5. The fourth-order valence-electron chi connectivity index (χ4n) is 16.7. The predicted molar refractivity (Wildman–Crippen MR) is 615 cm³/mol. The van der Waals surface area contributed by atoms with Gasteiger partial charge in [0.25, 0.3) is 0 Å². The maximum absolute atomic E-state index is 11.6. The number of Topliss-reactive ketones (excluding diaryl/α,β-unsaturated/α-hetero) is 6. The van der Waals surface area contributed by atoms with E-state index in [1.165, 1.54) is 159 Å². The van der Waals surface area contributed by atoms with E-state index in [0.29, 0.717) is 71.6 Å². The van der Waals surface area contributed by atoms with Crippen LogP contribution in [0, 0.1) is 112 Å². The number of unbranched alkanes of at least 4 members (excludes halogenated alkanes) is 6. The van der Waals surface area contributed by atoms with Crippen molar-refractivity contribution in [2.24, 2.45) is 112 Å². The van der Waals surface area contributed by atoms with Crippen molar-refractivity contribution >= 4 is 76.0 Å². The highest BCUT2D eigenvalue weighted by Crippen LogP contribution is 2.35. The van der Waals surface area contributed by atoms with Gasteiger partial charge in [-0.25, -0.2) is 4.68 Å². The Morgan fingerprint density at radius 3 is 0.769 bits per heavy atom. The predicted octanol–water partition coefficient (Wildman–Crippen LogP) is 28.7. The molecule has 0 aromatic carbocycles. The fourth-order valence-corrected chi connectivity index (χ4v) is 16.7. The Labute approximate surface area is 904 Å². The van der Waals surface area contributed by atoms with E-state index in [1.54, 1.807) is 18.5 Å². The molecule has 1 aromatic rings. The van der Waals surface area contributed by atoms with E-state index in [0.717, 1.165) is 193 Å². The summed E-state index contributed by atoms with van der Waals surface area (Å²) in [6.45, 7) is 79.5. The Bertz CT molecular complexity index is 3410. The quantitative estimate of drug-likeness (QED) is 0.0433. The van der Waals surface area contributed by atoms with Crippen LogP contribution in [-0.4, -0.2) is 221 Å². The van der Waals surface area contributed by atoms with Crippen molar-refractivity contribution in [2.75, 3.05) is 106 Å².